The van der Waals surface area contributed by atoms with Gasteiger partial charge in [0, 0.05) is 20.1 Å². The molecule has 1 amide bonds. The van der Waals surface area contributed by atoms with Crippen LogP contribution in [0.2, 0.25) is 0 Å². The van der Waals surface area contributed by atoms with Crippen molar-refractivity contribution in [3.05, 3.63) is 52.8 Å². The first-order chi connectivity index (χ1) is 12.6. The van der Waals surface area contributed by atoms with Gasteiger partial charge < -0.3 is 14.7 Å². The van der Waals surface area contributed by atoms with Gasteiger partial charge in [0.1, 0.15) is 0 Å². The van der Waals surface area contributed by atoms with Gasteiger partial charge in [0.05, 0.1) is 36.6 Å². The number of carbonyl (C=O) groups is 1. The first kappa shape index (κ1) is 18.1. The molecule has 1 aromatic carbocycles. The van der Waals surface area contributed by atoms with E-state index in [0.717, 1.165) is 18.5 Å². The predicted molar refractivity (Wildman–Crippen MR) is 94.2 cm³/mol. The van der Waals surface area contributed by atoms with Crippen molar-refractivity contribution in [1.29, 1.82) is 5.26 Å². The van der Waals surface area contributed by atoms with Gasteiger partial charge >= 0.3 is 0 Å². The van der Waals surface area contributed by atoms with Crippen LogP contribution in [0.3, 0.4) is 0 Å². The fourth-order valence-corrected chi connectivity index (χ4v) is 2.93. The Balaban J connectivity index is 1.48. The van der Waals surface area contributed by atoms with E-state index >= 15 is 0 Å². The Labute approximate surface area is 152 Å². The van der Waals surface area contributed by atoms with E-state index in [9.17, 15) is 9.90 Å². The number of hydrogen-bond donors (Lipinski definition) is 1. The van der Waals surface area contributed by atoms with E-state index in [1.165, 1.54) is 0 Å². The summed E-state index contributed by atoms with van der Waals surface area (Å²) in [5, 5.41) is 23.1. The van der Waals surface area contributed by atoms with E-state index in [4.69, 9.17) is 10.00 Å². The van der Waals surface area contributed by atoms with Gasteiger partial charge in [-0.05, 0) is 36.6 Å². The lowest BCUT2D eigenvalue weighted by atomic mass is 10.1. The normalized spacial score (nSPS) is 16.0. The van der Waals surface area contributed by atoms with E-state index in [2.05, 4.69) is 11.2 Å². The molecule has 1 N–H and O–H groups in total. The van der Waals surface area contributed by atoms with Crippen LogP contribution in [0.25, 0.3) is 0 Å². The lowest BCUT2D eigenvalue weighted by Crippen LogP contribution is -2.30. The summed E-state index contributed by atoms with van der Waals surface area (Å²) in [5.74, 6) is -0.180. The highest BCUT2D eigenvalue weighted by atomic mass is 16.5. The molecule has 0 aliphatic carbocycles. The van der Waals surface area contributed by atoms with Crippen molar-refractivity contribution in [3.63, 3.8) is 0 Å². The Bertz CT molecular complexity index is 807. The Hall–Kier alpha value is -2.69. The number of aryl methyl sites for hydroxylation is 1. The molecule has 0 radical (unpaired) electrons. The second-order valence-electron chi connectivity index (χ2n) is 6.42. The Morgan fingerprint density at radius 3 is 2.92 bits per heavy atom. The van der Waals surface area contributed by atoms with E-state index in [0.29, 0.717) is 43.1 Å². The summed E-state index contributed by atoms with van der Waals surface area (Å²) in [6.07, 6.45) is 1.03. The molecule has 136 valence electrons. The van der Waals surface area contributed by atoms with Crippen LogP contribution in [0.4, 0.5) is 0 Å². The summed E-state index contributed by atoms with van der Waals surface area (Å²) in [6, 6.07) is 11.0. The molecule has 26 heavy (non-hydrogen) atoms. The molecule has 2 heterocycles. The van der Waals surface area contributed by atoms with Crippen LogP contribution >= 0.6 is 0 Å². The van der Waals surface area contributed by atoms with Crippen LogP contribution in [-0.4, -0.2) is 45.9 Å². The number of fused-ring (bicyclic) bond motifs is 1. The van der Waals surface area contributed by atoms with E-state index in [-0.39, 0.29) is 5.91 Å². The van der Waals surface area contributed by atoms with Gasteiger partial charge in [-0.25, -0.2) is 0 Å². The number of ether oxygens (including phenoxy) is 1. The summed E-state index contributed by atoms with van der Waals surface area (Å²) < 4.78 is 7.32. The van der Waals surface area contributed by atoms with Gasteiger partial charge in [-0.15, -0.1) is 0 Å². The number of likely N-dealkylation sites (N-methyl/N-ethyl adjacent to an activating group) is 1. The first-order valence-electron chi connectivity index (χ1n) is 8.66. The van der Waals surface area contributed by atoms with Crippen LogP contribution < -0.4 is 0 Å². The summed E-state index contributed by atoms with van der Waals surface area (Å²) in [4.78, 5) is 14.1. The fourth-order valence-electron chi connectivity index (χ4n) is 2.93. The number of carbonyl (C=O) groups excluding carboxylic acids is 1. The molecule has 1 aliphatic heterocycles. The van der Waals surface area contributed by atoms with Crippen molar-refractivity contribution in [2.75, 3.05) is 20.2 Å². The van der Waals surface area contributed by atoms with Gasteiger partial charge in [0.15, 0.2) is 5.69 Å². The molecule has 1 aromatic heterocycles. The molecule has 0 spiro atoms. The quantitative estimate of drug-likeness (QED) is 0.800. The second-order valence-corrected chi connectivity index (χ2v) is 6.42. The third-order valence-electron chi connectivity index (χ3n) is 4.49. The van der Waals surface area contributed by atoms with E-state index in [1.807, 2.05) is 12.1 Å². The van der Waals surface area contributed by atoms with Gasteiger partial charge in [-0.1, -0.05) is 12.1 Å². The number of aromatic nitrogens is 2. The van der Waals surface area contributed by atoms with E-state index < -0.39 is 6.10 Å². The van der Waals surface area contributed by atoms with Crippen molar-refractivity contribution in [2.45, 2.75) is 32.1 Å². The van der Waals surface area contributed by atoms with Gasteiger partial charge in [0.2, 0.25) is 0 Å². The molecule has 1 atom stereocenters. The van der Waals surface area contributed by atoms with Crippen molar-refractivity contribution in [2.24, 2.45) is 0 Å². The number of nitriles is 1. The average Bonchev–Trinajstić information content (AvgIpc) is 3.10. The first-order valence-corrected chi connectivity index (χ1v) is 8.66. The van der Waals surface area contributed by atoms with Gasteiger partial charge in [-0.3, -0.25) is 9.48 Å². The van der Waals surface area contributed by atoms with Gasteiger partial charge in [0.25, 0.3) is 5.91 Å². The number of hydrogen-bond acceptors (Lipinski definition) is 5. The standard InChI is InChI=1S/C19H22N4O3/c1-22(9-10-26-13-15-6-4-14(12-20)5-7-15)19(25)16-11-17-18(24)3-2-8-23(17)21-16/h4-7,11,18,24H,2-3,8-10,13H2,1H3. The van der Waals surface area contributed by atoms with Crippen LogP contribution in [0, 0.1) is 11.3 Å². The molecule has 7 nitrogen and oxygen atoms in total. The molecule has 7 heteroatoms. The molecule has 0 saturated heterocycles. The maximum Gasteiger partial charge on any atom is 0.274 e. The molecule has 1 aliphatic rings. The highest BCUT2D eigenvalue weighted by Crippen LogP contribution is 2.25. The minimum absolute atomic E-state index is 0.180. The summed E-state index contributed by atoms with van der Waals surface area (Å²) in [7, 11) is 1.71. The third kappa shape index (κ3) is 4.10. The van der Waals surface area contributed by atoms with Crippen LogP contribution in [0.1, 0.15) is 46.3 Å². The predicted octanol–water partition coefficient (Wildman–Crippen LogP) is 1.87. The summed E-state index contributed by atoms with van der Waals surface area (Å²) in [5.41, 5.74) is 2.67. The number of rotatable bonds is 6. The number of nitrogens with zero attached hydrogens (tertiary/aromatic N) is 4. The van der Waals surface area contributed by atoms with Crippen LogP contribution in [0.15, 0.2) is 30.3 Å². The van der Waals surface area contributed by atoms with Gasteiger partial charge in [-0.2, -0.15) is 10.4 Å². The molecular weight excluding hydrogens is 332 g/mol. The Kier molecular flexibility index (Phi) is 5.66. The van der Waals surface area contributed by atoms with Crippen molar-refractivity contribution in [1.82, 2.24) is 14.7 Å². The lowest BCUT2D eigenvalue weighted by Gasteiger charge is -2.18. The zero-order valence-electron chi connectivity index (χ0n) is 14.8. The molecule has 3 rings (SSSR count). The molecule has 1 unspecified atom stereocenters. The number of aliphatic hydroxyl groups excluding tert-OH is 1. The monoisotopic (exact) mass is 354 g/mol. The molecule has 0 saturated carbocycles. The number of aliphatic hydroxyl groups is 1. The fraction of sp³-hybridized carbons (Fsp3) is 0.421. The molecule has 2 aromatic rings. The topological polar surface area (TPSA) is 91.4 Å². The van der Waals surface area contributed by atoms with Crippen molar-refractivity contribution in [3.8, 4) is 6.07 Å². The summed E-state index contributed by atoms with van der Waals surface area (Å²) in [6.45, 7) is 2.01. The SMILES string of the molecule is CN(CCOCc1ccc(C#N)cc1)C(=O)c1cc2n(n1)CCCC2O. The number of benzene rings is 1. The minimum Gasteiger partial charge on any atom is -0.387 e. The summed E-state index contributed by atoms with van der Waals surface area (Å²) >= 11 is 0. The zero-order chi connectivity index (χ0) is 18.5. The van der Waals surface area contributed by atoms with Crippen LogP contribution in [-0.2, 0) is 17.9 Å². The third-order valence-corrected chi connectivity index (χ3v) is 4.49. The van der Waals surface area contributed by atoms with E-state index in [1.54, 1.807) is 34.8 Å². The largest absolute Gasteiger partial charge is 0.387 e. The lowest BCUT2D eigenvalue weighted by molar-refractivity contribution is 0.0665. The Morgan fingerprint density at radius 2 is 2.23 bits per heavy atom. The minimum atomic E-state index is -0.543. The highest BCUT2D eigenvalue weighted by molar-refractivity contribution is 5.92. The second kappa shape index (κ2) is 8.13. The zero-order valence-corrected chi connectivity index (χ0v) is 14.8. The maximum absolute atomic E-state index is 12.5. The molecule has 0 bridgehead atoms. The highest BCUT2D eigenvalue weighted by Gasteiger charge is 2.24. The molecular formula is C19H22N4O3. The maximum atomic E-state index is 12.5. The Morgan fingerprint density at radius 1 is 1.46 bits per heavy atom. The average molecular weight is 354 g/mol. The van der Waals surface area contributed by atoms with Crippen molar-refractivity contribution >= 4 is 5.91 Å². The number of amides is 1. The molecule has 0 fully saturated rings. The van der Waals surface area contributed by atoms with Crippen LogP contribution in [0.5, 0.6) is 0 Å². The smallest absolute Gasteiger partial charge is 0.274 e. The van der Waals surface area contributed by atoms with Crippen molar-refractivity contribution < 1.29 is 14.6 Å².